The Bertz CT molecular complexity index is 834. The molecule has 2 atom stereocenters. The molecule has 0 amide bonds. The number of nitrogens with zero attached hydrogens (tertiary/aromatic N) is 6. The van der Waals surface area contributed by atoms with Gasteiger partial charge in [0.1, 0.15) is 0 Å². The molecule has 0 bridgehead atoms. The highest BCUT2D eigenvalue weighted by molar-refractivity contribution is 5.28. The normalized spacial score (nSPS) is 24.1. The van der Waals surface area contributed by atoms with E-state index in [0.717, 1.165) is 91.6 Å². The van der Waals surface area contributed by atoms with Crippen LogP contribution < -0.4 is 0 Å². The van der Waals surface area contributed by atoms with E-state index < -0.39 is 0 Å². The van der Waals surface area contributed by atoms with E-state index in [1.807, 2.05) is 0 Å². The molecule has 3 rings (SSSR count). The van der Waals surface area contributed by atoms with Crippen LogP contribution in [0.15, 0.2) is 60.7 Å². The van der Waals surface area contributed by atoms with Gasteiger partial charge in [-0.25, -0.2) is 0 Å². The third-order valence-corrected chi connectivity index (χ3v) is 9.06. The average Bonchev–Trinajstić information content (AvgIpc) is 3.00. The van der Waals surface area contributed by atoms with Gasteiger partial charge in [0, 0.05) is 65.4 Å². The summed E-state index contributed by atoms with van der Waals surface area (Å²) in [5.74, 6) is 0. The van der Waals surface area contributed by atoms with E-state index in [9.17, 15) is 0 Å². The lowest BCUT2D eigenvalue weighted by molar-refractivity contribution is 0.0877. The van der Waals surface area contributed by atoms with Gasteiger partial charge in [-0.15, -0.1) is 0 Å². The summed E-state index contributed by atoms with van der Waals surface area (Å²) >= 11 is 0. The molecule has 0 unspecified atom stereocenters. The molecule has 1 saturated heterocycles. The van der Waals surface area contributed by atoms with Crippen molar-refractivity contribution in [3.05, 3.63) is 71.8 Å². The first-order valence-corrected chi connectivity index (χ1v) is 15.9. The zero-order valence-corrected chi connectivity index (χ0v) is 26.5. The van der Waals surface area contributed by atoms with Gasteiger partial charge in [-0.2, -0.15) is 0 Å². The summed E-state index contributed by atoms with van der Waals surface area (Å²) in [6.45, 7) is 24.8. The van der Waals surface area contributed by atoms with Gasteiger partial charge in [-0.3, -0.25) is 9.80 Å². The maximum atomic E-state index is 2.64. The molecule has 6 nitrogen and oxygen atoms in total. The van der Waals surface area contributed by atoms with Crippen LogP contribution in [0.1, 0.15) is 50.9 Å². The van der Waals surface area contributed by atoms with E-state index in [2.05, 4.69) is 132 Å². The molecule has 0 spiro atoms. The fraction of sp³-hybridized carbons (Fsp3) is 0.647. The summed E-state index contributed by atoms with van der Waals surface area (Å²) in [6, 6.07) is 22.9. The van der Waals surface area contributed by atoms with Crippen molar-refractivity contribution < 1.29 is 0 Å². The molecule has 0 saturated carbocycles. The lowest BCUT2D eigenvalue weighted by Gasteiger charge is -2.41. The average molecular weight is 551 g/mol. The van der Waals surface area contributed by atoms with E-state index in [1.165, 1.54) is 11.1 Å². The number of rotatable bonds is 6. The molecular formula is C34H58N6. The second-order valence-corrected chi connectivity index (χ2v) is 11.4. The summed E-state index contributed by atoms with van der Waals surface area (Å²) in [6.07, 6.45) is 0. The molecule has 1 aliphatic rings. The van der Waals surface area contributed by atoms with Crippen LogP contribution >= 0.6 is 0 Å². The molecular weight excluding hydrogens is 492 g/mol. The molecule has 1 aliphatic heterocycles. The molecule has 2 aromatic carbocycles. The zero-order valence-electron chi connectivity index (χ0n) is 26.5. The standard InChI is InChI=1S/C34H58N6/c1-7-37-23-21-35(5)33(31-17-13-11-14-18-31)34(32-19-15-12-16-20-32)36(6)22-24-38(8-2)26-28-40(10-4)30-29-39(9-3)27-25-37/h11-20,33-34H,7-10,21-30H2,1-6H3/t33-,34-/m0/s1. The third-order valence-electron chi connectivity index (χ3n) is 9.06. The van der Waals surface area contributed by atoms with Crippen molar-refractivity contribution in [3.63, 3.8) is 0 Å². The van der Waals surface area contributed by atoms with Gasteiger partial charge in [-0.1, -0.05) is 88.4 Å². The smallest absolute Gasteiger partial charge is 0.0543 e. The molecule has 1 fully saturated rings. The molecule has 6 heteroatoms. The summed E-state index contributed by atoms with van der Waals surface area (Å²) in [5, 5.41) is 0. The van der Waals surface area contributed by atoms with Crippen LogP contribution in [0, 0.1) is 0 Å². The van der Waals surface area contributed by atoms with Gasteiger partial charge >= 0.3 is 0 Å². The Balaban J connectivity index is 1.94. The Labute approximate surface area is 246 Å². The predicted molar refractivity (Wildman–Crippen MR) is 172 cm³/mol. The first kappa shape index (κ1) is 32.7. The van der Waals surface area contributed by atoms with Gasteiger partial charge in [0.15, 0.2) is 0 Å². The van der Waals surface area contributed by atoms with E-state index >= 15 is 0 Å². The van der Waals surface area contributed by atoms with Gasteiger partial charge in [-0.05, 0) is 51.4 Å². The lowest BCUT2D eigenvalue weighted by atomic mass is 9.91. The quantitative estimate of drug-likeness (QED) is 0.519. The van der Waals surface area contributed by atoms with Gasteiger partial charge in [0.25, 0.3) is 0 Å². The molecule has 0 radical (unpaired) electrons. The molecule has 224 valence electrons. The van der Waals surface area contributed by atoms with Crippen molar-refractivity contribution in [2.45, 2.75) is 39.8 Å². The molecule has 2 aromatic rings. The number of hydrogen-bond donors (Lipinski definition) is 0. The highest BCUT2D eigenvalue weighted by Crippen LogP contribution is 2.37. The topological polar surface area (TPSA) is 19.4 Å². The fourth-order valence-electron chi connectivity index (χ4n) is 6.09. The Morgan fingerprint density at radius 1 is 0.425 bits per heavy atom. The fourth-order valence-corrected chi connectivity index (χ4v) is 6.09. The SMILES string of the molecule is CCN1CCN(CC)CCN(CC)CCN(C)[C@@H](c2ccccc2)[C@H](c2ccccc2)N(C)CCN(CC)CC1. The van der Waals surface area contributed by atoms with E-state index in [1.54, 1.807) is 0 Å². The minimum atomic E-state index is 0.268. The second-order valence-electron chi connectivity index (χ2n) is 11.4. The summed E-state index contributed by atoms with van der Waals surface area (Å²) < 4.78 is 0. The molecule has 40 heavy (non-hydrogen) atoms. The van der Waals surface area contributed by atoms with Crippen molar-refractivity contribution in [2.24, 2.45) is 0 Å². The summed E-state index contributed by atoms with van der Waals surface area (Å²) in [7, 11) is 4.67. The molecule has 0 aromatic heterocycles. The predicted octanol–water partition coefficient (Wildman–Crippen LogP) is 4.63. The molecule has 1 heterocycles. The minimum Gasteiger partial charge on any atom is -0.301 e. The van der Waals surface area contributed by atoms with Crippen molar-refractivity contribution in [1.82, 2.24) is 29.4 Å². The van der Waals surface area contributed by atoms with Crippen molar-refractivity contribution in [1.29, 1.82) is 0 Å². The van der Waals surface area contributed by atoms with E-state index in [-0.39, 0.29) is 12.1 Å². The van der Waals surface area contributed by atoms with Crippen LogP contribution in [0.3, 0.4) is 0 Å². The highest BCUT2D eigenvalue weighted by atomic mass is 15.3. The largest absolute Gasteiger partial charge is 0.301 e. The van der Waals surface area contributed by atoms with Crippen LogP contribution in [0.5, 0.6) is 0 Å². The minimum absolute atomic E-state index is 0.268. The first-order valence-electron chi connectivity index (χ1n) is 15.9. The van der Waals surface area contributed by atoms with Crippen LogP contribution in [0.2, 0.25) is 0 Å². The number of likely N-dealkylation sites (N-methyl/N-ethyl adjacent to an activating group) is 6. The Morgan fingerprint density at radius 2 is 0.675 bits per heavy atom. The number of hydrogen-bond acceptors (Lipinski definition) is 6. The summed E-state index contributed by atoms with van der Waals surface area (Å²) in [4.78, 5) is 15.8. The molecule has 0 aliphatic carbocycles. The van der Waals surface area contributed by atoms with Gasteiger partial charge in [0.2, 0.25) is 0 Å². The van der Waals surface area contributed by atoms with Gasteiger partial charge < -0.3 is 19.6 Å². The monoisotopic (exact) mass is 550 g/mol. The van der Waals surface area contributed by atoms with Crippen LogP contribution in [-0.4, -0.2) is 135 Å². The van der Waals surface area contributed by atoms with Crippen molar-refractivity contribution in [3.8, 4) is 0 Å². The van der Waals surface area contributed by atoms with E-state index in [4.69, 9.17) is 0 Å². The maximum Gasteiger partial charge on any atom is 0.0543 e. The van der Waals surface area contributed by atoms with Crippen LogP contribution in [0.25, 0.3) is 0 Å². The van der Waals surface area contributed by atoms with Crippen LogP contribution in [-0.2, 0) is 0 Å². The Hall–Kier alpha value is -1.80. The number of benzene rings is 2. The third kappa shape index (κ3) is 9.93. The van der Waals surface area contributed by atoms with Gasteiger partial charge in [0.05, 0.1) is 12.1 Å². The zero-order chi connectivity index (χ0) is 28.7. The molecule has 0 N–H and O–H groups in total. The Kier molecular flexibility index (Phi) is 14.6. The first-order chi connectivity index (χ1) is 19.5. The second kappa shape index (κ2) is 17.9. The highest BCUT2D eigenvalue weighted by Gasteiger charge is 2.31. The Morgan fingerprint density at radius 3 is 0.925 bits per heavy atom. The van der Waals surface area contributed by atoms with E-state index in [0.29, 0.717) is 0 Å². The van der Waals surface area contributed by atoms with Crippen molar-refractivity contribution in [2.75, 3.05) is 106 Å². The van der Waals surface area contributed by atoms with Crippen LogP contribution in [0.4, 0.5) is 0 Å². The lowest BCUT2D eigenvalue weighted by Crippen LogP contribution is -2.46. The maximum absolute atomic E-state index is 2.64. The summed E-state index contributed by atoms with van der Waals surface area (Å²) in [5.41, 5.74) is 2.79. The van der Waals surface area contributed by atoms with Crippen molar-refractivity contribution >= 4 is 0 Å².